The van der Waals surface area contributed by atoms with Crippen LogP contribution >= 0.6 is 0 Å². The van der Waals surface area contributed by atoms with Crippen molar-refractivity contribution in [1.82, 2.24) is 14.2 Å². The number of likely N-dealkylation sites (tertiary alicyclic amines) is 1. The molecular weight excluding hydrogens is 374 g/mol. The maximum absolute atomic E-state index is 13.1. The number of carbonyl (C=O) groups excluding carboxylic acids is 1. The van der Waals surface area contributed by atoms with Crippen molar-refractivity contribution in [3.8, 4) is 0 Å². The Morgan fingerprint density at radius 1 is 0.821 bits per heavy atom. The molecule has 152 valence electrons. The van der Waals surface area contributed by atoms with Crippen LogP contribution in [0.1, 0.15) is 61.9 Å². The van der Waals surface area contributed by atoms with Gasteiger partial charge in [0.2, 0.25) is 10.0 Å². The molecule has 0 bridgehead atoms. The minimum Gasteiger partial charge on any atom is -0.351 e. The number of benzene rings is 1. The molecule has 6 nitrogen and oxygen atoms in total. The van der Waals surface area contributed by atoms with Crippen molar-refractivity contribution in [3.63, 3.8) is 0 Å². The van der Waals surface area contributed by atoms with E-state index in [4.69, 9.17) is 0 Å². The molecule has 1 N–H and O–H groups in total. The lowest BCUT2D eigenvalue weighted by atomic mass is 10.2. The first-order chi connectivity index (χ1) is 13.6. The van der Waals surface area contributed by atoms with Gasteiger partial charge in [0, 0.05) is 37.1 Å². The standard InChI is InChI=1S/C21H29N3O3S/c25-21(23-11-5-1-2-6-12-23)20-16-17-15-18(9-10-19(17)22-20)28(26,27)24-13-7-3-4-8-14-24/h9-10,15-16,22H,1-8,11-14H2. The molecule has 2 aliphatic rings. The number of nitrogens with one attached hydrogen (secondary N) is 1. The van der Waals surface area contributed by atoms with Gasteiger partial charge in [0.1, 0.15) is 5.69 Å². The second kappa shape index (κ2) is 8.25. The fourth-order valence-corrected chi connectivity index (χ4v) is 5.81. The Balaban J connectivity index is 1.60. The zero-order chi connectivity index (χ0) is 19.6. The number of hydrogen-bond acceptors (Lipinski definition) is 3. The fraction of sp³-hybridized carbons (Fsp3) is 0.571. The first kappa shape index (κ1) is 19.5. The molecular formula is C21H29N3O3S. The predicted octanol–water partition coefficient (Wildman–Crippen LogP) is 3.75. The number of sulfonamides is 1. The Morgan fingerprint density at radius 3 is 2.07 bits per heavy atom. The topological polar surface area (TPSA) is 73.5 Å². The third-order valence-electron chi connectivity index (χ3n) is 5.92. The SMILES string of the molecule is O=C(c1cc2cc(S(=O)(=O)N3CCCCCC3)ccc2[nH]1)N1CCCCCC1. The largest absolute Gasteiger partial charge is 0.351 e. The van der Waals surface area contributed by atoms with Crippen LogP contribution < -0.4 is 0 Å². The van der Waals surface area contributed by atoms with Crippen molar-refractivity contribution in [2.24, 2.45) is 0 Å². The van der Waals surface area contributed by atoms with Crippen molar-refractivity contribution in [3.05, 3.63) is 30.0 Å². The smallest absolute Gasteiger partial charge is 0.270 e. The van der Waals surface area contributed by atoms with Gasteiger partial charge < -0.3 is 9.88 Å². The van der Waals surface area contributed by atoms with Crippen LogP contribution in [-0.2, 0) is 10.0 Å². The van der Waals surface area contributed by atoms with E-state index in [2.05, 4.69) is 4.98 Å². The summed E-state index contributed by atoms with van der Waals surface area (Å²) in [5.41, 5.74) is 1.34. The van der Waals surface area contributed by atoms with Gasteiger partial charge in [0.25, 0.3) is 5.91 Å². The molecule has 0 spiro atoms. The molecule has 28 heavy (non-hydrogen) atoms. The van der Waals surface area contributed by atoms with Gasteiger partial charge in [0.15, 0.2) is 0 Å². The number of rotatable bonds is 3. The van der Waals surface area contributed by atoms with Crippen molar-refractivity contribution in [2.75, 3.05) is 26.2 Å². The highest BCUT2D eigenvalue weighted by Gasteiger charge is 2.26. The van der Waals surface area contributed by atoms with Crippen LogP contribution in [0, 0.1) is 0 Å². The number of H-pyrrole nitrogens is 1. The molecule has 0 atom stereocenters. The number of fused-ring (bicyclic) bond motifs is 1. The number of aromatic nitrogens is 1. The lowest BCUT2D eigenvalue weighted by molar-refractivity contribution is 0.0756. The Morgan fingerprint density at radius 2 is 1.43 bits per heavy atom. The monoisotopic (exact) mass is 403 g/mol. The van der Waals surface area contributed by atoms with Crippen LogP contribution in [0.15, 0.2) is 29.2 Å². The highest BCUT2D eigenvalue weighted by atomic mass is 32.2. The summed E-state index contributed by atoms with van der Waals surface area (Å²) in [7, 11) is -3.49. The van der Waals surface area contributed by atoms with Gasteiger partial charge in [-0.3, -0.25) is 4.79 Å². The van der Waals surface area contributed by atoms with Crippen LogP contribution in [0.25, 0.3) is 10.9 Å². The number of hydrogen-bond donors (Lipinski definition) is 1. The molecule has 1 aromatic carbocycles. The lowest BCUT2D eigenvalue weighted by Crippen LogP contribution is -2.32. The Labute approximate surface area is 166 Å². The van der Waals surface area contributed by atoms with Crippen molar-refractivity contribution < 1.29 is 13.2 Å². The second-order valence-corrected chi connectivity index (χ2v) is 9.89. The van der Waals surface area contributed by atoms with Gasteiger partial charge in [-0.05, 0) is 49.9 Å². The van der Waals surface area contributed by atoms with Gasteiger partial charge in [-0.15, -0.1) is 0 Å². The quantitative estimate of drug-likeness (QED) is 0.848. The molecule has 2 aromatic rings. The Kier molecular flexibility index (Phi) is 5.73. The first-order valence-corrected chi connectivity index (χ1v) is 11.9. The van der Waals surface area contributed by atoms with E-state index < -0.39 is 10.0 Å². The maximum Gasteiger partial charge on any atom is 0.270 e. The van der Waals surface area contributed by atoms with E-state index >= 15 is 0 Å². The highest BCUT2D eigenvalue weighted by molar-refractivity contribution is 7.89. The zero-order valence-electron chi connectivity index (χ0n) is 16.3. The minimum atomic E-state index is -3.49. The van der Waals surface area contributed by atoms with Crippen molar-refractivity contribution in [1.29, 1.82) is 0 Å². The number of aromatic amines is 1. The van der Waals surface area contributed by atoms with E-state index in [1.165, 1.54) is 12.8 Å². The summed E-state index contributed by atoms with van der Waals surface area (Å²) < 4.78 is 27.7. The fourth-order valence-electron chi connectivity index (χ4n) is 4.26. The summed E-state index contributed by atoms with van der Waals surface area (Å²) in [5.74, 6) is 0.00928. The van der Waals surface area contributed by atoms with Crippen LogP contribution in [0.3, 0.4) is 0 Å². The normalized spacial score (nSPS) is 20.1. The average Bonchev–Trinajstić information content (AvgIpc) is 2.90. The third-order valence-corrected chi connectivity index (χ3v) is 7.81. The van der Waals surface area contributed by atoms with E-state index in [0.29, 0.717) is 23.7 Å². The summed E-state index contributed by atoms with van der Waals surface area (Å²) in [6.45, 7) is 2.77. The molecule has 1 amide bonds. The van der Waals surface area contributed by atoms with Gasteiger partial charge in [-0.25, -0.2) is 8.42 Å². The second-order valence-electron chi connectivity index (χ2n) is 7.96. The molecule has 1 aromatic heterocycles. The summed E-state index contributed by atoms with van der Waals surface area (Å²) >= 11 is 0. The first-order valence-electron chi connectivity index (χ1n) is 10.5. The van der Waals surface area contributed by atoms with E-state index in [0.717, 1.165) is 62.5 Å². The molecule has 0 unspecified atom stereocenters. The predicted molar refractivity (Wildman–Crippen MR) is 110 cm³/mol. The molecule has 0 saturated carbocycles. The van der Waals surface area contributed by atoms with Gasteiger partial charge in [-0.2, -0.15) is 4.31 Å². The van der Waals surface area contributed by atoms with Gasteiger partial charge in [-0.1, -0.05) is 25.7 Å². The average molecular weight is 404 g/mol. The molecule has 4 rings (SSSR count). The number of amides is 1. The Bertz CT molecular complexity index is 935. The van der Waals surface area contributed by atoms with Crippen LogP contribution in [0.5, 0.6) is 0 Å². The van der Waals surface area contributed by atoms with Gasteiger partial charge in [0.05, 0.1) is 4.90 Å². The van der Waals surface area contributed by atoms with E-state index in [1.807, 2.05) is 4.90 Å². The van der Waals surface area contributed by atoms with E-state index in [1.54, 1.807) is 28.6 Å². The summed E-state index contributed by atoms with van der Waals surface area (Å²) in [5, 5.41) is 0.772. The summed E-state index contributed by atoms with van der Waals surface area (Å²) in [6, 6.07) is 6.92. The van der Waals surface area contributed by atoms with Crippen molar-refractivity contribution in [2.45, 2.75) is 56.3 Å². The number of carbonyl (C=O) groups is 1. The maximum atomic E-state index is 13.1. The molecule has 2 saturated heterocycles. The van der Waals surface area contributed by atoms with Crippen LogP contribution in [0.2, 0.25) is 0 Å². The van der Waals surface area contributed by atoms with Crippen LogP contribution in [0.4, 0.5) is 0 Å². The molecule has 7 heteroatoms. The van der Waals surface area contributed by atoms with E-state index in [-0.39, 0.29) is 5.91 Å². The number of nitrogens with zero attached hydrogens (tertiary/aromatic N) is 2. The Hall–Kier alpha value is -1.86. The van der Waals surface area contributed by atoms with Gasteiger partial charge >= 0.3 is 0 Å². The van der Waals surface area contributed by atoms with Crippen molar-refractivity contribution >= 4 is 26.8 Å². The highest BCUT2D eigenvalue weighted by Crippen LogP contribution is 2.25. The minimum absolute atomic E-state index is 0.00928. The van der Waals surface area contributed by atoms with E-state index in [9.17, 15) is 13.2 Å². The third kappa shape index (κ3) is 3.96. The zero-order valence-corrected chi connectivity index (χ0v) is 17.1. The molecule has 0 aliphatic carbocycles. The van der Waals surface area contributed by atoms with Crippen LogP contribution in [-0.4, -0.2) is 54.7 Å². The molecule has 0 radical (unpaired) electrons. The molecule has 2 fully saturated rings. The molecule has 2 aliphatic heterocycles. The summed E-state index contributed by atoms with van der Waals surface area (Å²) in [6.07, 6.45) is 8.45. The summed E-state index contributed by atoms with van der Waals surface area (Å²) in [4.78, 5) is 18.3. The lowest BCUT2D eigenvalue weighted by Gasteiger charge is -2.19. The molecule has 3 heterocycles.